The number of amides is 1. The Morgan fingerprint density at radius 3 is 2.62 bits per heavy atom. The van der Waals surface area contributed by atoms with E-state index in [2.05, 4.69) is 49.5 Å². The zero-order valence-corrected chi connectivity index (χ0v) is 16.6. The van der Waals surface area contributed by atoms with Gasteiger partial charge in [0.2, 0.25) is 0 Å². The number of carbonyl (C=O) groups excluding carboxylic acids is 1. The second kappa shape index (κ2) is 10.1. The minimum atomic E-state index is 0.0755. The van der Waals surface area contributed by atoms with E-state index in [0.29, 0.717) is 5.25 Å². The average molecular weight is 369 g/mol. The third-order valence-electron chi connectivity index (χ3n) is 4.25. The normalized spacial score (nSPS) is 16.3. The molecule has 0 spiro atoms. The molecule has 3 rings (SSSR count). The van der Waals surface area contributed by atoms with Crippen LogP contribution in [0.25, 0.3) is 6.08 Å². The first-order valence-electron chi connectivity index (χ1n) is 9.03. The maximum absolute atomic E-state index is 11.1. The van der Waals surface area contributed by atoms with Gasteiger partial charge in [0.15, 0.2) is 0 Å². The number of aryl methyl sites for hydroxylation is 2. The number of hydrogen-bond donors (Lipinski definition) is 2. The molecule has 1 fully saturated rings. The van der Waals surface area contributed by atoms with Crippen LogP contribution in [0.4, 0.5) is 10.5 Å². The molecule has 1 aliphatic heterocycles. The molecule has 1 saturated heterocycles. The van der Waals surface area contributed by atoms with E-state index < -0.39 is 0 Å². The quantitative estimate of drug-likeness (QED) is 0.727. The summed E-state index contributed by atoms with van der Waals surface area (Å²) in [5, 5.41) is 3.22. The molecule has 1 amide bonds. The van der Waals surface area contributed by atoms with Crippen molar-refractivity contribution in [3.8, 4) is 0 Å². The molecule has 0 bridgehead atoms. The summed E-state index contributed by atoms with van der Waals surface area (Å²) in [6.45, 7) is 7.02. The Bertz CT molecular complexity index is 770. The van der Waals surface area contributed by atoms with Crippen LogP contribution in [0.5, 0.6) is 0 Å². The molecule has 1 aliphatic rings. The Hall–Kier alpha value is -2.20. The predicted molar refractivity (Wildman–Crippen MR) is 115 cm³/mol. The second-order valence-corrected chi connectivity index (χ2v) is 7.65. The van der Waals surface area contributed by atoms with Crippen molar-refractivity contribution in [3.63, 3.8) is 0 Å². The molecule has 1 heterocycles. The van der Waals surface area contributed by atoms with Crippen LogP contribution < -0.4 is 11.1 Å². The van der Waals surface area contributed by atoms with E-state index in [1.54, 1.807) is 0 Å². The molecular weight excluding hydrogens is 340 g/mol. The third-order valence-corrected chi connectivity index (χ3v) is 5.27. The van der Waals surface area contributed by atoms with Gasteiger partial charge in [0.25, 0.3) is 5.24 Å². The number of nitrogens with two attached hydrogens (primary N) is 1. The molecule has 0 radical (unpaired) electrons. The van der Waals surface area contributed by atoms with Crippen LogP contribution in [-0.2, 0) is 12.8 Å². The van der Waals surface area contributed by atoms with E-state index in [1.165, 1.54) is 28.5 Å². The lowest BCUT2D eigenvalue weighted by molar-refractivity contribution is 0.262. The van der Waals surface area contributed by atoms with E-state index in [-0.39, 0.29) is 5.24 Å². The van der Waals surface area contributed by atoms with E-state index in [4.69, 9.17) is 5.73 Å². The smallest absolute Gasteiger partial charge is 0.279 e. The van der Waals surface area contributed by atoms with Gasteiger partial charge < -0.3 is 11.1 Å². The van der Waals surface area contributed by atoms with Crippen molar-refractivity contribution in [1.29, 1.82) is 0 Å². The molecule has 3 N–H and O–H groups in total. The first-order chi connectivity index (χ1) is 12.5. The maximum atomic E-state index is 11.1. The summed E-state index contributed by atoms with van der Waals surface area (Å²) in [6, 6.07) is 14.6. The molecule has 2 aromatic rings. The predicted octanol–water partition coefficient (Wildman–Crippen LogP) is 5.23. The number of thioether (sulfide) groups is 1. The number of benzene rings is 2. The first kappa shape index (κ1) is 20.1. The van der Waals surface area contributed by atoms with Crippen LogP contribution in [0.15, 0.2) is 48.5 Å². The summed E-state index contributed by atoms with van der Waals surface area (Å²) in [5.41, 5.74) is 11.8. The average Bonchev–Trinajstić information content (AvgIpc) is 3.03. The van der Waals surface area contributed by atoms with Gasteiger partial charge in [-0.15, -0.1) is 0 Å². The number of nitrogen functional groups attached to an aromatic ring is 1. The molecule has 0 saturated carbocycles. The van der Waals surface area contributed by atoms with Crippen LogP contribution in [0.2, 0.25) is 0 Å². The Kier molecular flexibility index (Phi) is 7.79. The van der Waals surface area contributed by atoms with Crippen LogP contribution in [0.3, 0.4) is 0 Å². The Balaban J connectivity index is 0.000000228. The summed E-state index contributed by atoms with van der Waals surface area (Å²) < 4.78 is 0. The van der Waals surface area contributed by atoms with Gasteiger partial charge in [0.05, 0.1) is 0 Å². The van der Waals surface area contributed by atoms with E-state index in [0.717, 1.165) is 30.6 Å². The van der Waals surface area contributed by atoms with E-state index >= 15 is 0 Å². The number of carbonyl (C=O) groups is 1. The van der Waals surface area contributed by atoms with Crippen molar-refractivity contribution in [1.82, 2.24) is 5.32 Å². The number of hydrogen-bond acceptors (Lipinski definition) is 3. The Labute approximate surface area is 161 Å². The fourth-order valence-electron chi connectivity index (χ4n) is 2.90. The van der Waals surface area contributed by atoms with Crippen molar-refractivity contribution < 1.29 is 4.79 Å². The lowest BCUT2D eigenvalue weighted by atomic mass is 10.0. The third kappa shape index (κ3) is 5.95. The zero-order valence-electron chi connectivity index (χ0n) is 15.8. The van der Waals surface area contributed by atoms with Crippen LogP contribution in [0, 0.1) is 6.92 Å². The number of rotatable bonds is 4. The number of allylic oxidation sites excluding steroid dienone is 1. The second-order valence-electron chi connectivity index (χ2n) is 6.37. The van der Waals surface area contributed by atoms with Gasteiger partial charge >= 0.3 is 0 Å². The minimum absolute atomic E-state index is 0.0755. The summed E-state index contributed by atoms with van der Waals surface area (Å²) in [6.07, 6.45) is 6.02. The summed E-state index contributed by atoms with van der Waals surface area (Å²) in [5.74, 6) is 0. The summed E-state index contributed by atoms with van der Waals surface area (Å²) in [4.78, 5) is 11.1. The van der Waals surface area contributed by atoms with E-state index in [9.17, 15) is 4.79 Å². The molecule has 0 aliphatic carbocycles. The largest absolute Gasteiger partial charge is 0.398 e. The molecular formula is C22H28N2OS. The topological polar surface area (TPSA) is 55.1 Å². The highest BCUT2D eigenvalue weighted by atomic mass is 32.2. The lowest BCUT2D eigenvalue weighted by Crippen LogP contribution is -2.16. The molecule has 26 heavy (non-hydrogen) atoms. The van der Waals surface area contributed by atoms with Crippen LogP contribution >= 0.6 is 11.8 Å². The Morgan fingerprint density at radius 2 is 2.04 bits per heavy atom. The molecule has 2 aromatic carbocycles. The van der Waals surface area contributed by atoms with Gasteiger partial charge in [-0.05, 0) is 43.9 Å². The molecule has 1 atom stereocenters. The first-order valence-corrected chi connectivity index (χ1v) is 9.91. The highest BCUT2D eigenvalue weighted by molar-refractivity contribution is 8.14. The number of anilines is 1. The molecule has 0 aromatic heterocycles. The SMILES string of the molecule is C/C=C\c1c(N)cccc1CC1CNC(=O)S1.CCc1cccc(C)c1. The van der Waals surface area contributed by atoms with Gasteiger partial charge in [0, 0.05) is 23.0 Å². The molecule has 4 heteroatoms. The van der Waals surface area contributed by atoms with Gasteiger partial charge in [-0.25, -0.2) is 0 Å². The van der Waals surface area contributed by atoms with Crippen molar-refractivity contribution in [2.24, 2.45) is 0 Å². The highest BCUT2D eigenvalue weighted by Gasteiger charge is 2.23. The van der Waals surface area contributed by atoms with Gasteiger partial charge in [-0.1, -0.05) is 72.8 Å². The lowest BCUT2D eigenvalue weighted by Gasteiger charge is -2.11. The van der Waals surface area contributed by atoms with Crippen LogP contribution in [0.1, 0.15) is 36.1 Å². The standard InChI is InChI=1S/C13H16N2OS.C9H12/c1-2-4-11-9(5-3-6-12(11)14)7-10-8-15-13(16)17-10;1-3-9-6-4-5-8(2)7-9/h2-6,10H,7-8,14H2,1H3,(H,15,16);4-7H,3H2,1-2H3/b4-2-;. The number of nitrogens with one attached hydrogen (secondary N) is 1. The van der Waals surface area contributed by atoms with Crippen molar-refractivity contribution in [2.75, 3.05) is 12.3 Å². The monoisotopic (exact) mass is 368 g/mol. The van der Waals surface area contributed by atoms with Gasteiger partial charge in [0.1, 0.15) is 0 Å². The van der Waals surface area contributed by atoms with Crippen molar-refractivity contribution in [2.45, 2.75) is 38.9 Å². The fourth-order valence-corrected chi connectivity index (χ4v) is 3.80. The van der Waals surface area contributed by atoms with Gasteiger partial charge in [-0.2, -0.15) is 0 Å². The van der Waals surface area contributed by atoms with Crippen LogP contribution in [-0.4, -0.2) is 17.0 Å². The van der Waals surface area contributed by atoms with Gasteiger partial charge in [-0.3, -0.25) is 4.79 Å². The summed E-state index contributed by atoms with van der Waals surface area (Å²) >= 11 is 1.38. The van der Waals surface area contributed by atoms with Crippen molar-refractivity contribution >= 4 is 28.8 Å². The Morgan fingerprint density at radius 1 is 1.27 bits per heavy atom. The minimum Gasteiger partial charge on any atom is -0.398 e. The molecule has 3 nitrogen and oxygen atoms in total. The van der Waals surface area contributed by atoms with Crippen molar-refractivity contribution in [3.05, 3.63) is 70.8 Å². The highest BCUT2D eigenvalue weighted by Crippen LogP contribution is 2.26. The zero-order chi connectivity index (χ0) is 18.9. The maximum Gasteiger partial charge on any atom is 0.279 e. The summed E-state index contributed by atoms with van der Waals surface area (Å²) in [7, 11) is 0. The van der Waals surface area contributed by atoms with E-state index in [1.807, 2.05) is 31.2 Å². The fraction of sp³-hybridized carbons (Fsp3) is 0.318. The molecule has 1 unspecified atom stereocenters. The molecule has 138 valence electrons.